The van der Waals surface area contributed by atoms with Crippen molar-refractivity contribution in [3.8, 4) is 5.75 Å². The van der Waals surface area contributed by atoms with Crippen LogP contribution in [0.15, 0.2) is 36.8 Å². The number of amides is 2. The molecule has 9 heteroatoms. The molecule has 1 atom stereocenters. The summed E-state index contributed by atoms with van der Waals surface area (Å²) in [5.74, 6) is 1.22. The highest BCUT2D eigenvalue weighted by Gasteiger charge is 2.31. The van der Waals surface area contributed by atoms with Crippen LogP contribution in [0.3, 0.4) is 0 Å². The average molecular weight is 369 g/mol. The molecule has 26 heavy (non-hydrogen) atoms. The quantitative estimate of drug-likeness (QED) is 0.732. The Bertz CT molecular complexity index is 986. The zero-order valence-electron chi connectivity index (χ0n) is 13.9. The van der Waals surface area contributed by atoms with Crippen LogP contribution < -0.4 is 10.1 Å². The lowest BCUT2D eigenvalue weighted by molar-refractivity contribution is -0.118. The summed E-state index contributed by atoms with van der Waals surface area (Å²) in [7, 11) is 1.88. The van der Waals surface area contributed by atoms with E-state index < -0.39 is 0 Å². The third-order valence-electron chi connectivity index (χ3n) is 4.11. The van der Waals surface area contributed by atoms with Gasteiger partial charge >= 0.3 is 0 Å². The molecule has 1 N–H and O–H groups in total. The van der Waals surface area contributed by atoms with Crippen LogP contribution in [0.4, 0.5) is 4.79 Å². The minimum Gasteiger partial charge on any atom is -0.486 e. The standard InChI is InChI=1S/C17H15N5O3S/c1-22-14(20-12-7-18-9-19-15(12)22)8-25-11-4-2-10(3-5-11)6-13-16(23)21-17(24)26-13/h2-5,7,9,13H,6,8H2,1H3,(H,21,23,24). The molecule has 1 unspecified atom stereocenters. The number of nitrogens with zero attached hydrogens (tertiary/aromatic N) is 4. The molecule has 4 rings (SSSR count). The zero-order valence-corrected chi connectivity index (χ0v) is 14.7. The van der Waals surface area contributed by atoms with Crippen LogP contribution in [-0.4, -0.2) is 35.9 Å². The van der Waals surface area contributed by atoms with Crippen molar-refractivity contribution in [3.05, 3.63) is 48.2 Å². The monoisotopic (exact) mass is 369 g/mol. The molecular weight excluding hydrogens is 354 g/mol. The molecule has 0 aliphatic carbocycles. The fourth-order valence-electron chi connectivity index (χ4n) is 2.73. The second-order valence-corrected chi connectivity index (χ2v) is 7.01. The van der Waals surface area contributed by atoms with E-state index in [0.29, 0.717) is 18.8 Å². The predicted octanol–water partition coefficient (Wildman–Crippen LogP) is 1.84. The van der Waals surface area contributed by atoms with Gasteiger partial charge in [0, 0.05) is 7.05 Å². The van der Waals surface area contributed by atoms with Crippen molar-refractivity contribution in [2.24, 2.45) is 7.05 Å². The number of thioether (sulfide) groups is 1. The number of aryl methyl sites for hydroxylation is 1. The Morgan fingerprint density at radius 2 is 2.08 bits per heavy atom. The molecule has 132 valence electrons. The van der Waals surface area contributed by atoms with Gasteiger partial charge in [-0.25, -0.2) is 15.0 Å². The summed E-state index contributed by atoms with van der Waals surface area (Å²) in [4.78, 5) is 35.5. The molecule has 3 heterocycles. The van der Waals surface area contributed by atoms with Gasteiger partial charge in [-0.2, -0.15) is 0 Å². The molecule has 0 saturated carbocycles. The maximum absolute atomic E-state index is 11.6. The second kappa shape index (κ2) is 6.75. The van der Waals surface area contributed by atoms with Gasteiger partial charge in [0.15, 0.2) is 5.65 Å². The summed E-state index contributed by atoms with van der Waals surface area (Å²) in [6.07, 6.45) is 3.67. The largest absolute Gasteiger partial charge is 0.486 e. The van der Waals surface area contributed by atoms with E-state index in [1.807, 2.05) is 35.9 Å². The normalized spacial score (nSPS) is 16.9. The first-order chi connectivity index (χ1) is 12.6. The maximum Gasteiger partial charge on any atom is 0.286 e. The lowest BCUT2D eigenvalue weighted by Gasteiger charge is -2.08. The number of fused-ring (bicyclic) bond motifs is 1. The predicted molar refractivity (Wildman–Crippen MR) is 95.7 cm³/mol. The van der Waals surface area contributed by atoms with Crippen LogP contribution in [0.25, 0.3) is 11.2 Å². The number of nitrogens with one attached hydrogen (secondary N) is 1. The summed E-state index contributed by atoms with van der Waals surface area (Å²) in [6.45, 7) is 0.307. The Balaban J connectivity index is 1.40. The first kappa shape index (κ1) is 16.5. The van der Waals surface area contributed by atoms with Gasteiger partial charge in [0.1, 0.15) is 30.0 Å². The number of imidazole rings is 1. The number of carbonyl (C=O) groups is 2. The molecule has 2 amide bonds. The van der Waals surface area contributed by atoms with Gasteiger partial charge in [-0.15, -0.1) is 0 Å². The molecule has 1 saturated heterocycles. The molecule has 8 nitrogen and oxygen atoms in total. The second-order valence-electron chi connectivity index (χ2n) is 5.84. The SMILES string of the molecule is Cn1c(COc2ccc(CC3SC(=O)NC3=O)cc2)nc2cncnc21. The highest BCUT2D eigenvalue weighted by atomic mass is 32.2. The number of hydrogen-bond donors (Lipinski definition) is 1. The van der Waals surface area contributed by atoms with Gasteiger partial charge in [0.25, 0.3) is 5.24 Å². The van der Waals surface area contributed by atoms with Crippen LogP contribution in [0.1, 0.15) is 11.4 Å². The van der Waals surface area contributed by atoms with Crippen molar-refractivity contribution in [2.45, 2.75) is 18.3 Å². The number of carbonyl (C=O) groups excluding carboxylic acids is 2. The number of rotatable bonds is 5. The Hall–Kier alpha value is -2.94. The number of hydrogen-bond acceptors (Lipinski definition) is 7. The van der Waals surface area contributed by atoms with E-state index in [4.69, 9.17) is 4.74 Å². The van der Waals surface area contributed by atoms with Gasteiger partial charge < -0.3 is 9.30 Å². The van der Waals surface area contributed by atoms with E-state index in [1.54, 1.807) is 6.20 Å². The first-order valence-corrected chi connectivity index (χ1v) is 8.82. The summed E-state index contributed by atoms with van der Waals surface area (Å²) in [5.41, 5.74) is 2.46. The smallest absolute Gasteiger partial charge is 0.286 e. The number of benzene rings is 1. The van der Waals surface area contributed by atoms with E-state index in [1.165, 1.54) is 6.33 Å². The fraction of sp³-hybridized carbons (Fsp3) is 0.235. The van der Waals surface area contributed by atoms with Crippen molar-refractivity contribution in [2.75, 3.05) is 0 Å². The number of imide groups is 1. The first-order valence-electron chi connectivity index (χ1n) is 7.94. The number of ether oxygens (including phenoxy) is 1. The summed E-state index contributed by atoms with van der Waals surface area (Å²) in [6, 6.07) is 7.48. The molecule has 1 aliphatic heterocycles. The van der Waals surface area contributed by atoms with Crippen LogP contribution >= 0.6 is 11.8 Å². The number of aromatic nitrogens is 4. The molecular formula is C17H15N5O3S. The van der Waals surface area contributed by atoms with E-state index in [9.17, 15) is 9.59 Å². The van der Waals surface area contributed by atoms with Gasteiger partial charge in [0.2, 0.25) is 5.91 Å². The van der Waals surface area contributed by atoms with Crippen LogP contribution in [0.2, 0.25) is 0 Å². The lowest BCUT2D eigenvalue weighted by atomic mass is 10.1. The highest BCUT2D eigenvalue weighted by Crippen LogP contribution is 2.24. The third kappa shape index (κ3) is 3.25. The van der Waals surface area contributed by atoms with Gasteiger partial charge in [-0.1, -0.05) is 23.9 Å². The Morgan fingerprint density at radius 3 is 2.77 bits per heavy atom. The van der Waals surface area contributed by atoms with Gasteiger partial charge in [0.05, 0.1) is 11.4 Å². The average Bonchev–Trinajstić information content (AvgIpc) is 3.13. The third-order valence-corrected chi connectivity index (χ3v) is 5.09. The van der Waals surface area contributed by atoms with Crippen molar-refractivity contribution >= 4 is 34.1 Å². The molecule has 0 radical (unpaired) electrons. The Labute approximate surface area is 153 Å². The highest BCUT2D eigenvalue weighted by molar-refractivity contribution is 8.15. The lowest BCUT2D eigenvalue weighted by Crippen LogP contribution is -2.25. The maximum atomic E-state index is 11.6. The summed E-state index contributed by atoms with van der Waals surface area (Å²) < 4.78 is 7.67. The molecule has 1 aliphatic rings. The van der Waals surface area contributed by atoms with Crippen molar-refractivity contribution in [3.63, 3.8) is 0 Å². The minimum atomic E-state index is -0.365. The van der Waals surface area contributed by atoms with E-state index in [0.717, 1.165) is 34.3 Å². The Kier molecular flexibility index (Phi) is 4.29. The van der Waals surface area contributed by atoms with E-state index in [2.05, 4.69) is 20.3 Å². The van der Waals surface area contributed by atoms with Gasteiger partial charge in [-0.05, 0) is 24.1 Å². The summed E-state index contributed by atoms with van der Waals surface area (Å²) >= 11 is 1.03. The molecule has 2 aromatic heterocycles. The van der Waals surface area contributed by atoms with Gasteiger partial charge in [-0.3, -0.25) is 14.9 Å². The zero-order chi connectivity index (χ0) is 18.1. The van der Waals surface area contributed by atoms with Crippen molar-refractivity contribution in [1.29, 1.82) is 0 Å². The van der Waals surface area contributed by atoms with Crippen molar-refractivity contribution < 1.29 is 14.3 Å². The van der Waals surface area contributed by atoms with Crippen LogP contribution in [-0.2, 0) is 24.9 Å². The van der Waals surface area contributed by atoms with Crippen molar-refractivity contribution in [1.82, 2.24) is 24.8 Å². The van der Waals surface area contributed by atoms with Crippen LogP contribution in [0, 0.1) is 0 Å². The molecule has 1 fully saturated rings. The minimum absolute atomic E-state index is 0.231. The molecule has 3 aromatic rings. The van der Waals surface area contributed by atoms with Crippen LogP contribution in [0.5, 0.6) is 5.75 Å². The molecule has 0 spiro atoms. The Morgan fingerprint density at radius 1 is 1.27 bits per heavy atom. The fourth-order valence-corrected chi connectivity index (χ4v) is 3.59. The molecule has 1 aromatic carbocycles. The van der Waals surface area contributed by atoms with E-state index >= 15 is 0 Å². The topological polar surface area (TPSA) is 99.0 Å². The van der Waals surface area contributed by atoms with E-state index in [-0.39, 0.29) is 16.4 Å². The summed E-state index contributed by atoms with van der Waals surface area (Å²) in [5, 5.41) is 1.64. The molecule has 0 bridgehead atoms.